The lowest BCUT2D eigenvalue weighted by Crippen LogP contribution is -2.12. The highest BCUT2D eigenvalue weighted by atomic mass is 16.6. The zero-order valence-electron chi connectivity index (χ0n) is 9.85. The Morgan fingerprint density at radius 2 is 1.76 bits per heavy atom. The summed E-state index contributed by atoms with van der Waals surface area (Å²) in [5, 5.41) is 0. The molecule has 1 aromatic carbocycles. The topological polar surface area (TPSA) is 70.8 Å². The first-order valence-corrected chi connectivity index (χ1v) is 5.38. The molecule has 0 aliphatic carbocycles. The van der Waals surface area contributed by atoms with Gasteiger partial charge in [0.15, 0.2) is 0 Å². The van der Waals surface area contributed by atoms with Crippen LogP contribution in [0.15, 0.2) is 24.3 Å². The molecular formula is C12H17NO4. The number of hydrogen-bond donors (Lipinski definition) is 1. The number of carbonyl (C=O) groups excluding carboxylic acids is 1. The van der Waals surface area contributed by atoms with Crippen LogP contribution in [0.3, 0.4) is 0 Å². The van der Waals surface area contributed by atoms with Crippen molar-refractivity contribution in [2.24, 2.45) is 0 Å². The van der Waals surface area contributed by atoms with Crippen molar-refractivity contribution in [2.45, 2.75) is 6.92 Å². The standard InChI is InChI=1S/C12H17NO4/c1-10(14)16-8-6-15-7-9-17-12-4-2-11(13)3-5-12/h2-5H,6-9,13H2,1H3. The lowest BCUT2D eigenvalue weighted by Gasteiger charge is -2.07. The van der Waals surface area contributed by atoms with Crippen LogP contribution in [-0.2, 0) is 14.3 Å². The van der Waals surface area contributed by atoms with Gasteiger partial charge in [0.2, 0.25) is 0 Å². The van der Waals surface area contributed by atoms with Crippen molar-refractivity contribution in [3.8, 4) is 5.75 Å². The quantitative estimate of drug-likeness (QED) is 0.440. The number of nitrogen functional groups attached to an aromatic ring is 1. The summed E-state index contributed by atoms with van der Waals surface area (Å²) in [5.41, 5.74) is 6.24. The second-order valence-corrected chi connectivity index (χ2v) is 3.37. The van der Waals surface area contributed by atoms with Gasteiger partial charge >= 0.3 is 5.97 Å². The van der Waals surface area contributed by atoms with Crippen molar-refractivity contribution in [3.63, 3.8) is 0 Å². The molecule has 5 nitrogen and oxygen atoms in total. The van der Waals surface area contributed by atoms with Crippen molar-refractivity contribution in [1.29, 1.82) is 0 Å². The molecule has 0 fully saturated rings. The number of esters is 1. The molecule has 1 aromatic rings. The van der Waals surface area contributed by atoms with Gasteiger partial charge in [-0.1, -0.05) is 0 Å². The minimum Gasteiger partial charge on any atom is -0.491 e. The average Bonchev–Trinajstić information content (AvgIpc) is 2.30. The van der Waals surface area contributed by atoms with Crippen molar-refractivity contribution in [3.05, 3.63) is 24.3 Å². The van der Waals surface area contributed by atoms with E-state index in [0.29, 0.717) is 25.5 Å². The maximum absolute atomic E-state index is 10.4. The van der Waals surface area contributed by atoms with E-state index >= 15 is 0 Å². The lowest BCUT2D eigenvalue weighted by atomic mass is 10.3. The molecule has 94 valence electrons. The average molecular weight is 239 g/mol. The Kier molecular flexibility index (Phi) is 5.88. The number of hydrogen-bond acceptors (Lipinski definition) is 5. The zero-order chi connectivity index (χ0) is 12.5. The molecule has 0 atom stereocenters. The summed E-state index contributed by atoms with van der Waals surface area (Å²) in [6, 6.07) is 7.15. The maximum atomic E-state index is 10.4. The van der Waals surface area contributed by atoms with Crippen molar-refractivity contribution >= 4 is 11.7 Å². The summed E-state index contributed by atoms with van der Waals surface area (Å²) in [4.78, 5) is 10.4. The number of ether oxygens (including phenoxy) is 3. The summed E-state index contributed by atoms with van der Waals surface area (Å²) in [7, 11) is 0. The van der Waals surface area contributed by atoms with E-state index in [1.165, 1.54) is 6.92 Å². The van der Waals surface area contributed by atoms with E-state index in [0.717, 1.165) is 5.75 Å². The molecule has 17 heavy (non-hydrogen) atoms. The van der Waals surface area contributed by atoms with Gasteiger partial charge in [0.1, 0.15) is 19.0 Å². The zero-order valence-corrected chi connectivity index (χ0v) is 9.85. The smallest absolute Gasteiger partial charge is 0.302 e. The van der Waals surface area contributed by atoms with Crippen LogP contribution in [0.25, 0.3) is 0 Å². The van der Waals surface area contributed by atoms with Gasteiger partial charge < -0.3 is 19.9 Å². The molecule has 0 saturated carbocycles. The van der Waals surface area contributed by atoms with Gasteiger partial charge in [-0.25, -0.2) is 0 Å². The third-order valence-corrected chi connectivity index (χ3v) is 1.91. The molecule has 5 heteroatoms. The van der Waals surface area contributed by atoms with E-state index in [9.17, 15) is 4.79 Å². The van der Waals surface area contributed by atoms with Gasteiger partial charge in [-0.2, -0.15) is 0 Å². The number of anilines is 1. The summed E-state index contributed by atoms with van der Waals surface area (Å²) >= 11 is 0. The lowest BCUT2D eigenvalue weighted by molar-refractivity contribution is -0.142. The molecule has 0 saturated heterocycles. The summed E-state index contributed by atoms with van der Waals surface area (Å²) in [6.45, 7) is 2.92. The highest BCUT2D eigenvalue weighted by Crippen LogP contribution is 2.12. The van der Waals surface area contributed by atoms with Gasteiger partial charge in [-0.15, -0.1) is 0 Å². The largest absolute Gasteiger partial charge is 0.491 e. The van der Waals surface area contributed by atoms with Crippen molar-refractivity contribution < 1.29 is 19.0 Å². The molecule has 0 spiro atoms. The van der Waals surface area contributed by atoms with Gasteiger partial charge in [0.05, 0.1) is 13.2 Å². The Morgan fingerprint density at radius 1 is 1.12 bits per heavy atom. The number of nitrogens with two attached hydrogens (primary N) is 1. The molecule has 0 aromatic heterocycles. The van der Waals surface area contributed by atoms with E-state index in [4.69, 9.17) is 19.9 Å². The molecule has 0 amide bonds. The van der Waals surface area contributed by atoms with Crippen LogP contribution in [0.2, 0.25) is 0 Å². The Labute approximate surface area is 100 Å². The second kappa shape index (κ2) is 7.51. The van der Waals surface area contributed by atoms with Crippen LogP contribution in [-0.4, -0.2) is 32.4 Å². The van der Waals surface area contributed by atoms with Crippen LogP contribution < -0.4 is 10.5 Å². The molecule has 0 aliphatic heterocycles. The highest BCUT2D eigenvalue weighted by molar-refractivity contribution is 5.65. The van der Waals surface area contributed by atoms with Crippen LogP contribution in [0.5, 0.6) is 5.75 Å². The number of rotatable bonds is 7. The van der Waals surface area contributed by atoms with Crippen LogP contribution in [0.4, 0.5) is 5.69 Å². The fraction of sp³-hybridized carbons (Fsp3) is 0.417. The van der Waals surface area contributed by atoms with E-state index in [1.807, 2.05) is 0 Å². The van der Waals surface area contributed by atoms with Gasteiger partial charge in [0, 0.05) is 12.6 Å². The third-order valence-electron chi connectivity index (χ3n) is 1.91. The van der Waals surface area contributed by atoms with Gasteiger partial charge in [0.25, 0.3) is 0 Å². The SMILES string of the molecule is CC(=O)OCCOCCOc1ccc(N)cc1. The summed E-state index contributed by atoms with van der Waals surface area (Å²) in [6.07, 6.45) is 0. The first-order chi connectivity index (χ1) is 8.18. The second-order valence-electron chi connectivity index (χ2n) is 3.37. The van der Waals surface area contributed by atoms with Gasteiger partial charge in [-0.05, 0) is 24.3 Å². The Morgan fingerprint density at radius 3 is 2.41 bits per heavy atom. The van der Waals surface area contributed by atoms with E-state index in [2.05, 4.69) is 0 Å². The fourth-order valence-electron chi connectivity index (χ4n) is 1.13. The minimum absolute atomic E-state index is 0.275. The third kappa shape index (κ3) is 6.42. The molecule has 0 heterocycles. The molecule has 0 aliphatic rings. The number of carbonyl (C=O) groups is 1. The maximum Gasteiger partial charge on any atom is 0.302 e. The Hall–Kier alpha value is -1.75. The van der Waals surface area contributed by atoms with Crippen LogP contribution >= 0.6 is 0 Å². The first-order valence-electron chi connectivity index (χ1n) is 5.38. The van der Waals surface area contributed by atoms with Crippen LogP contribution in [0.1, 0.15) is 6.92 Å². The monoisotopic (exact) mass is 239 g/mol. The predicted molar refractivity (Wildman–Crippen MR) is 63.8 cm³/mol. The summed E-state index contributed by atoms with van der Waals surface area (Å²) < 4.78 is 15.3. The van der Waals surface area contributed by atoms with Crippen LogP contribution in [0, 0.1) is 0 Å². The molecule has 2 N–H and O–H groups in total. The van der Waals surface area contributed by atoms with E-state index in [-0.39, 0.29) is 12.6 Å². The molecule has 1 rings (SSSR count). The molecular weight excluding hydrogens is 222 g/mol. The normalized spacial score (nSPS) is 9.94. The predicted octanol–water partition coefficient (Wildman–Crippen LogP) is 1.23. The Bertz CT molecular complexity index is 337. The summed E-state index contributed by atoms with van der Waals surface area (Å²) in [5.74, 6) is 0.453. The number of benzene rings is 1. The van der Waals surface area contributed by atoms with Crippen molar-refractivity contribution in [1.82, 2.24) is 0 Å². The fourth-order valence-corrected chi connectivity index (χ4v) is 1.13. The van der Waals surface area contributed by atoms with Crippen molar-refractivity contribution in [2.75, 3.05) is 32.2 Å². The molecule has 0 radical (unpaired) electrons. The Balaban J connectivity index is 2.01. The van der Waals surface area contributed by atoms with E-state index < -0.39 is 0 Å². The highest BCUT2D eigenvalue weighted by Gasteiger charge is 1.95. The molecule has 0 unspecified atom stereocenters. The first kappa shape index (κ1) is 13.3. The molecule has 0 bridgehead atoms. The van der Waals surface area contributed by atoms with Gasteiger partial charge in [-0.3, -0.25) is 4.79 Å². The minimum atomic E-state index is -0.299. The van der Waals surface area contributed by atoms with E-state index in [1.54, 1.807) is 24.3 Å².